The van der Waals surface area contributed by atoms with E-state index in [1.807, 2.05) is 67.7 Å². The quantitative estimate of drug-likeness (QED) is 0.684. The van der Waals surface area contributed by atoms with Crippen LogP contribution in [0.5, 0.6) is 5.88 Å². The molecule has 3 heterocycles. The van der Waals surface area contributed by atoms with Gasteiger partial charge in [0.15, 0.2) is 0 Å². The van der Waals surface area contributed by atoms with Gasteiger partial charge in [-0.25, -0.2) is 4.98 Å². The summed E-state index contributed by atoms with van der Waals surface area (Å²) in [5.41, 5.74) is 6.99. The molecule has 0 spiro atoms. The molecule has 29 heavy (non-hydrogen) atoms. The SMILES string of the molecule is Cc1cc(C)cc(C(=O)N2CCc3c(c(COc4cccc(C)n4)nn3C)C2)c1. The van der Waals surface area contributed by atoms with E-state index in [0.717, 1.165) is 40.1 Å². The molecule has 150 valence electrons. The van der Waals surface area contributed by atoms with Gasteiger partial charge in [-0.05, 0) is 39.0 Å². The predicted molar refractivity (Wildman–Crippen MR) is 111 cm³/mol. The molecular formula is C23H26N4O2. The van der Waals surface area contributed by atoms with Gasteiger partial charge in [0.1, 0.15) is 12.3 Å². The Balaban J connectivity index is 1.54. The zero-order valence-electron chi connectivity index (χ0n) is 17.4. The normalized spacial score (nSPS) is 13.3. The summed E-state index contributed by atoms with van der Waals surface area (Å²) in [4.78, 5) is 19.4. The summed E-state index contributed by atoms with van der Waals surface area (Å²) in [5, 5.41) is 4.65. The highest BCUT2D eigenvalue weighted by atomic mass is 16.5. The lowest BCUT2D eigenvalue weighted by atomic mass is 10.0. The fraction of sp³-hybridized carbons (Fsp3) is 0.348. The van der Waals surface area contributed by atoms with Gasteiger partial charge >= 0.3 is 0 Å². The van der Waals surface area contributed by atoms with Crippen LogP contribution in [0.2, 0.25) is 0 Å². The Bertz CT molecular complexity index is 1050. The first-order valence-electron chi connectivity index (χ1n) is 9.88. The second-order valence-corrected chi connectivity index (χ2v) is 7.75. The third-order valence-corrected chi connectivity index (χ3v) is 5.30. The summed E-state index contributed by atoms with van der Waals surface area (Å²) in [6, 6.07) is 11.7. The van der Waals surface area contributed by atoms with E-state index in [-0.39, 0.29) is 5.91 Å². The van der Waals surface area contributed by atoms with Gasteiger partial charge in [-0.15, -0.1) is 0 Å². The van der Waals surface area contributed by atoms with Crippen molar-refractivity contribution in [3.8, 4) is 5.88 Å². The molecule has 3 aromatic rings. The number of carbonyl (C=O) groups excluding carboxylic acids is 1. The highest BCUT2D eigenvalue weighted by molar-refractivity contribution is 5.94. The minimum atomic E-state index is 0.0681. The maximum atomic E-state index is 13.1. The minimum absolute atomic E-state index is 0.0681. The standard InChI is InChI=1S/C23H26N4O2/c1-15-10-16(2)12-18(11-15)23(28)27-9-8-21-19(13-27)20(25-26(21)4)14-29-22-7-5-6-17(3)24-22/h5-7,10-12H,8-9,13-14H2,1-4H3. The van der Waals surface area contributed by atoms with E-state index in [1.54, 1.807) is 0 Å². The molecular weight excluding hydrogens is 364 g/mol. The summed E-state index contributed by atoms with van der Waals surface area (Å²) in [5.74, 6) is 0.655. The average molecular weight is 390 g/mol. The number of pyridine rings is 1. The average Bonchev–Trinajstić information content (AvgIpc) is 3.00. The van der Waals surface area contributed by atoms with Gasteiger partial charge in [0.2, 0.25) is 5.88 Å². The summed E-state index contributed by atoms with van der Waals surface area (Å²) < 4.78 is 7.79. The Morgan fingerprint density at radius 3 is 2.62 bits per heavy atom. The number of carbonyl (C=O) groups is 1. The number of hydrogen-bond donors (Lipinski definition) is 0. The van der Waals surface area contributed by atoms with E-state index < -0.39 is 0 Å². The van der Waals surface area contributed by atoms with Crippen LogP contribution in [0, 0.1) is 20.8 Å². The Morgan fingerprint density at radius 2 is 1.90 bits per heavy atom. The van der Waals surface area contributed by atoms with Crippen LogP contribution >= 0.6 is 0 Å². The Morgan fingerprint density at radius 1 is 1.14 bits per heavy atom. The molecule has 1 aromatic carbocycles. The van der Waals surface area contributed by atoms with Crippen molar-refractivity contribution >= 4 is 5.91 Å². The van der Waals surface area contributed by atoms with E-state index in [2.05, 4.69) is 16.1 Å². The van der Waals surface area contributed by atoms with E-state index in [1.165, 1.54) is 5.69 Å². The minimum Gasteiger partial charge on any atom is -0.471 e. The first-order valence-corrected chi connectivity index (χ1v) is 9.88. The fourth-order valence-electron chi connectivity index (χ4n) is 3.98. The Kier molecular flexibility index (Phi) is 5.09. The number of aromatic nitrogens is 3. The van der Waals surface area contributed by atoms with Crippen LogP contribution in [0.1, 0.15) is 44.1 Å². The number of aryl methyl sites for hydroxylation is 4. The van der Waals surface area contributed by atoms with Gasteiger partial charge in [0.25, 0.3) is 5.91 Å². The van der Waals surface area contributed by atoms with Crippen molar-refractivity contribution < 1.29 is 9.53 Å². The predicted octanol–water partition coefficient (Wildman–Crippen LogP) is 3.52. The van der Waals surface area contributed by atoms with Crippen LogP contribution in [0.15, 0.2) is 36.4 Å². The van der Waals surface area contributed by atoms with Gasteiger partial charge < -0.3 is 9.64 Å². The second kappa shape index (κ2) is 7.70. The molecule has 6 heteroatoms. The van der Waals surface area contributed by atoms with Crippen LogP contribution in [0.4, 0.5) is 0 Å². The molecule has 6 nitrogen and oxygen atoms in total. The zero-order valence-corrected chi connectivity index (χ0v) is 17.4. The molecule has 1 aliphatic heterocycles. The van der Waals surface area contributed by atoms with E-state index in [9.17, 15) is 4.79 Å². The van der Waals surface area contributed by atoms with Gasteiger partial charge in [-0.1, -0.05) is 23.3 Å². The Hall–Kier alpha value is -3.15. The fourth-order valence-corrected chi connectivity index (χ4v) is 3.98. The molecule has 0 unspecified atom stereocenters. The number of hydrogen-bond acceptors (Lipinski definition) is 4. The molecule has 0 fully saturated rings. The lowest BCUT2D eigenvalue weighted by molar-refractivity contribution is 0.0732. The molecule has 0 saturated carbocycles. The number of benzene rings is 1. The largest absolute Gasteiger partial charge is 0.471 e. The second-order valence-electron chi connectivity index (χ2n) is 7.75. The third-order valence-electron chi connectivity index (χ3n) is 5.30. The monoisotopic (exact) mass is 390 g/mol. The van der Waals surface area contributed by atoms with Crippen LogP contribution in [-0.2, 0) is 26.6 Å². The summed E-state index contributed by atoms with van der Waals surface area (Å²) in [6.07, 6.45) is 0.790. The topological polar surface area (TPSA) is 60.3 Å². The van der Waals surface area contributed by atoms with E-state index in [4.69, 9.17) is 4.74 Å². The molecule has 0 bridgehead atoms. The molecule has 0 N–H and O–H groups in total. The molecule has 0 saturated heterocycles. The van der Waals surface area contributed by atoms with Crippen molar-refractivity contribution in [3.63, 3.8) is 0 Å². The van der Waals surface area contributed by atoms with Crippen molar-refractivity contribution in [1.29, 1.82) is 0 Å². The summed E-state index contributed by atoms with van der Waals surface area (Å²) in [6.45, 7) is 7.56. The molecule has 0 atom stereocenters. The van der Waals surface area contributed by atoms with Crippen LogP contribution < -0.4 is 4.74 Å². The zero-order chi connectivity index (χ0) is 20.5. The summed E-state index contributed by atoms with van der Waals surface area (Å²) in [7, 11) is 1.95. The summed E-state index contributed by atoms with van der Waals surface area (Å²) >= 11 is 0. The number of ether oxygens (including phenoxy) is 1. The molecule has 4 rings (SSSR count). The molecule has 1 amide bonds. The van der Waals surface area contributed by atoms with Crippen LogP contribution in [0.25, 0.3) is 0 Å². The van der Waals surface area contributed by atoms with Crippen molar-refractivity contribution in [3.05, 3.63) is 75.7 Å². The number of fused-ring (bicyclic) bond motifs is 1. The molecule has 1 aliphatic rings. The lowest BCUT2D eigenvalue weighted by Crippen LogP contribution is -2.36. The smallest absolute Gasteiger partial charge is 0.254 e. The third kappa shape index (κ3) is 4.01. The lowest BCUT2D eigenvalue weighted by Gasteiger charge is -2.28. The van der Waals surface area contributed by atoms with Crippen molar-refractivity contribution in [2.75, 3.05) is 6.54 Å². The van der Waals surface area contributed by atoms with E-state index in [0.29, 0.717) is 25.6 Å². The van der Waals surface area contributed by atoms with Gasteiger partial charge in [-0.3, -0.25) is 9.48 Å². The maximum Gasteiger partial charge on any atom is 0.254 e. The molecule has 0 radical (unpaired) electrons. The highest BCUT2D eigenvalue weighted by Gasteiger charge is 2.27. The van der Waals surface area contributed by atoms with Crippen LogP contribution in [-0.4, -0.2) is 32.1 Å². The van der Waals surface area contributed by atoms with Gasteiger partial charge in [-0.2, -0.15) is 5.10 Å². The first-order chi connectivity index (χ1) is 13.9. The number of amides is 1. The van der Waals surface area contributed by atoms with Crippen LogP contribution in [0.3, 0.4) is 0 Å². The maximum absolute atomic E-state index is 13.1. The number of nitrogens with zero attached hydrogens (tertiary/aromatic N) is 4. The van der Waals surface area contributed by atoms with Gasteiger partial charge in [0.05, 0.1) is 0 Å². The Labute approximate surface area is 171 Å². The van der Waals surface area contributed by atoms with Gasteiger partial charge in [0, 0.05) is 55.1 Å². The van der Waals surface area contributed by atoms with Crippen molar-refractivity contribution in [2.45, 2.75) is 40.3 Å². The van der Waals surface area contributed by atoms with Crippen molar-refractivity contribution in [1.82, 2.24) is 19.7 Å². The number of rotatable bonds is 4. The highest BCUT2D eigenvalue weighted by Crippen LogP contribution is 2.25. The van der Waals surface area contributed by atoms with E-state index >= 15 is 0 Å². The van der Waals surface area contributed by atoms with Crippen molar-refractivity contribution in [2.24, 2.45) is 7.05 Å². The molecule has 2 aromatic heterocycles. The molecule has 0 aliphatic carbocycles. The first kappa shape index (κ1) is 19.2.